The van der Waals surface area contributed by atoms with Gasteiger partial charge in [0.25, 0.3) is 0 Å². The molecule has 1 rings (SSSR count). The van der Waals surface area contributed by atoms with Crippen molar-refractivity contribution in [2.24, 2.45) is 0 Å². The molecule has 73 heavy (non-hydrogen) atoms. The van der Waals surface area contributed by atoms with Gasteiger partial charge >= 0.3 is 16.4 Å². The second kappa shape index (κ2) is 50.9. The molecule has 1 aliphatic heterocycles. The molecule has 6 unspecified atom stereocenters. The maximum Gasteiger partial charge on any atom is 0.397 e. The smallest absolute Gasteiger partial charge is 0.397 e. The molecule has 0 aromatic rings. The maximum atomic E-state index is 13.0. The maximum absolute atomic E-state index is 13.0. The summed E-state index contributed by atoms with van der Waals surface area (Å²) >= 11 is 0. The lowest BCUT2D eigenvalue weighted by Crippen LogP contribution is -2.60. The molecule has 0 bridgehead atoms. The molecule has 1 fully saturated rings. The van der Waals surface area contributed by atoms with Crippen LogP contribution in [0.3, 0.4) is 0 Å². The van der Waals surface area contributed by atoms with E-state index >= 15 is 0 Å². The molecule has 1 saturated heterocycles. The topological polar surface area (TPSA) is 178 Å². The number of carbonyl (C=O) groups excluding carboxylic acids is 1. The van der Waals surface area contributed by atoms with Crippen LogP contribution in [0.1, 0.15) is 264 Å². The summed E-state index contributed by atoms with van der Waals surface area (Å²) in [6, 6.07) is 0. The van der Waals surface area contributed by atoms with Crippen LogP contribution in [0.15, 0.2) is 48.6 Å². The summed E-state index contributed by atoms with van der Waals surface area (Å²) in [6.45, 7) is 3.92. The number of rotatable bonds is 53. The van der Waals surface area contributed by atoms with Crippen molar-refractivity contribution in [3.8, 4) is 0 Å². The van der Waals surface area contributed by atoms with Crippen LogP contribution in [0.5, 0.6) is 0 Å². The summed E-state index contributed by atoms with van der Waals surface area (Å²) in [4.78, 5) is 13.0. The number of hydrogen-bond donors (Lipinski definition) is 4. The van der Waals surface area contributed by atoms with Crippen LogP contribution in [0.25, 0.3) is 0 Å². The van der Waals surface area contributed by atoms with Crippen LogP contribution in [0.4, 0.5) is 0 Å². The molecule has 6 atom stereocenters. The van der Waals surface area contributed by atoms with Gasteiger partial charge in [0.15, 0.2) is 6.29 Å². The second-order valence-corrected chi connectivity index (χ2v) is 21.6. The highest BCUT2D eigenvalue weighted by molar-refractivity contribution is 7.80. The van der Waals surface area contributed by atoms with Gasteiger partial charge in [-0.25, -0.2) is 4.18 Å². The summed E-state index contributed by atoms with van der Waals surface area (Å²) in [7, 11) is -5.07. The molecule has 0 amide bonds. The van der Waals surface area contributed by atoms with Gasteiger partial charge in [0.2, 0.25) is 0 Å². The highest BCUT2D eigenvalue weighted by Gasteiger charge is 2.48. The predicted octanol–water partition coefficient (Wildman–Crippen LogP) is 15.0. The van der Waals surface area contributed by atoms with Crippen molar-refractivity contribution in [3.63, 3.8) is 0 Å². The largest absolute Gasteiger partial charge is 0.457 e. The van der Waals surface area contributed by atoms with E-state index < -0.39 is 59.8 Å². The molecular formula is C60H110O12S. The van der Waals surface area contributed by atoms with E-state index in [9.17, 15) is 33.1 Å². The monoisotopic (exact) mass is 1050 g/mol. The Balaban J connectivity index is 2.27. The molecule has 0 aliphatic carbocycles. The van der Waals surface area contributed by atoms with Gasteiger partial charge in [0.1, 0.15) is 30.5 Å². The standard InChI is InChI=1S/C60H110O12S/c1-3-5-7-9-11-13-15-17-19-21-23-25-26-27-28-30-32-34-36-38-40-42-44-46-48-50-68-52-54(53-69-60-58(64)59(72-73(65,66)67)57(63)55(51-61)71-60)70-56(62)49-47-45-43-41-39-37-35-33-31-29-24-22-20-18-16-14-12-10-8-6-4-2/h6,8,12,14,18,20,24,29,54-55,57-61,63-64H,3-5,7,9-11,13,15-17,19,21-23,25-28,30-53H2,1-2H3,(H,65,66,67)/b8-6-,14-12-,20-18-,29-24-. The number of allylic oxidation sites excluding steroid dienone is 8. The minimum Gasteiger partial charge on any atom is -0.457 e. The molecule has 4 N–H and O–H groups in total. The minimum absolute atomic E-state index is 0.0350. The van der Waals surface area contributed by atoms with Crippen LogP contribution in [-0.4, -0.2) is 97.5 Å². The number of aliphatic hydroxyl groups excluding tert-OH is 3. The minimum atomic E-state index is -5.07. The average Bonchev–Trinajstić information content (AvgIpc) is 3.37. The number of carbonyl (C=O) groups is 1. The Morgan fingerprint density at radius 2 is 0.945 bits per heavy atom. The fourth-order valence-electron chi connectivity index (χ4n) is 9.26. The zero-order valence-corrected chi connectivity index (χ0v) is 47.3. The van der Waals surface area contributed by atoms with E-state index in [-0.39, 0.29) is 19.6 Å². The lowest BCUT2D eigenvalue weighted by molar-refractivity contribution is -0.301. The van der Waals surface area contributed by atoms with Gasteiger partial charge in [0.05, 0.1) is 19.8 Å². The fourth-order valence-corrected chi connectivity index (χ4v) is 9.76. The van der Waals surface area contributed by atoms with E-state index in [1.807, 2.05) is 0 Å². The normalized spacial score (nSPS) is 19.1. The molecule has 1 heterocycles. The average molecular weight is 1060 g/mol. The Hall–Kier alpha value is -1.94. The van der Waals surface area contributed by atoms with Crippen LogP contribution >= 0.6 is 0 Å². The number of esters is 1. The summed E-state index contributed by atoms with van der Waals surface area (Å²) < 4.78 is 59.5. The van der Waals surface area contributed by atoms with Gasteiger partial charge in [-0.1, -0.05) is 255 Å². The first-order chi connectivity index (χ1) is 35.6. The molecule has 0 aromatic carbocycles. The lowest BCUT2D eigenvalue weighted by atomic mass is 9.99. The molecule has 0 spiro atoms. The molecule has 1 aliphatic rings. The van der Waals surface area contributed by atoms with Crippen molar-refractivity contribution in [1.82, 2.24) is 0 Å². The lowest BCUT2D eigenvalue weighted by Gasteiger charge is -2.41. The Morgan fingerprint density at radius 1 is 0.534 bits per heavy atom. The Bertz CT molecular complexity index is 1450. The zero-order chi connectivity index (χ0) is 53.1. The van der Waals surface area contributed by atoms with Crippen molar-refractivity contribution in [1.29, 1.82) is 0 Å². The second-order valence-electron chi connectivity index (χ2n) is 20.6. The van der Waals surface area contributed by atoms with Crippen LogP contribution in [-0.2, 0) is 38.3 Å². The van der Waals surface area contributed by atoms with E-state index in [0.717, 1.165) is 70.6 Å². The van der Waals surface area contributed by atoms with E-state index in [4.69, 9.17) is 18.9 Å². The van der Waals surface area contributed by atoms with E-state index in [1.54, 1.807) is 0 Å². The Labute approximate surface area is 446 Å². The molecule has 0 aromatic heterocycles. The highest BCUT2D eigenvalue weighted by Crippen LogP contribution is 2.26. The summed E-state index contributed by atoms with van der Waals surface area (Å²) in [5.41, 5.74) is 0. The molecule has 428 valence electrons. The van der Waals surface area contributed by atoms with Crippen molar-refractivity contribution >= 4 is 16.4 Å². The molecule has 0 saturated carbocycles. The number of unbranched alkanes of at least 4 members (excludes halogenated alkanes) is 32. The highest BCUT2D eigenvalue weighted by atomic mass is 32.3. The van der Waals surface area contributed by atoms with Gasteiger partial charge in [0, 0.05) is 13.0 Å². The molecular weight excluding hydrogens is 945 g/mol. The first-order valence-electron chi connectivity index (χ1n) is 29.9. The van der Waals surface area contributed by atoms with Crippen LogP contribution in [0, 0.1) is 0 Å². The first-order valence-corrected chi connectivity index (χ1v) is 31.3. The van der Waals surface area contributed by atoms with E-state index in [0.29, 0.717) is 13.0 Å². The zero-order valence-electron chi connectivity index (χ0n) is 46.5. The van der Waals surface area contributed by atoms with Crippen LogP contribution in [0.2, 0.25) is 0 Å². The molecule has 12 nitrogen and oxygen atoms in total. The van der Waals surface area contributed by atoms with Gasteiger partial charge in [-0.2, -0.15) is 8.42 Å². The van der Waals surface area contributed by atoms with Gasteiger partial charge in [-0.3, -0.25) is 9.35 Å². The summed E-state index contributed by atoms with van der Waals surface area (Å²) in [6.07, 6.45) is 55.8. The number of hydrogen-bond acceptors (Lipinski definition) is 11. The number of ether oxygens (including phenoxy) is 4. The van der Waals surface area contributed by atoms with Crippen molar-refractivity contribution in [3.05, 3.63) is 48.6 Å². The third kappa shape index (κ3) is 43.8. The van der Waals surface area contributed by atoms with E-state index in [1.165, 1.54) is 167 Å². The predicted molar refractivity (Wildman–Crippen MR) is 299 cm³/mol. The van der Waals surface area contributed by atoms with Crippen molar-refractivity contribution in [2.45, 2.75) is 301 Å². The Kier molecular flexibility index (Phi) is 48.1. The van der Waals surface area contributed by atoms with Crippen molar-refractivity contribution in [2.75, 3.05) is 26.4 Å². The third-order valence-corrected chi connectivity index (χ3v) is 14.2. The summed E-state index contributed by atoms with van der Waals surface area (Å²) in [5.74, 6) is -0.403. The van der Waals surface area contributed by atoms with E-state index in [2.05, 4.69) is 66.6 Å². The fraction of sp³-hybridized carbons (Fsp3) is 0.850. The third-order valence-electron chi connectivity index (χ3n) is 13.7. The quantitative estimate of drug-likeness (QED) is 0.0196. The number of aliphatic hydroxyl groups is 3. The van der Waals surface area contributed by atoms with Gasteiger partial charge in [-0.05, 0) is 51.4 Å². The molecule has 13 heteroatoms. The van der Waals surface area contributed by atoms with Gasteiger partial charge in [-0.15, -0.1) is 0 Å². The summed E-state index contributed by atoms with van der Waals surface area (Å²) in [5, 5.41) is 30.9. The first kappa shape index (κ1) is 69.1. The SMILES string of the molecule is CC/C=C\C/C=C\C/C=C\C/C=C\CCCCCCCCCCC(=O)OC(COCCCCCCCCCCCCCCCCCCCCCCCCCCC)COC1OC(CO)C(O)C(OS(=O)(=O)O)C1O. The Morgan fingerprint density at radius 3 is 1.38 bits per heavy atom. The van der Waals surface area contributed by atoms with Gasteiger partial charge < -0.3 is 34.3 Å². The van der Waals surface area contributed by atoms with Crippen molar-refractivity contribution < 1.29 is 56.2 Å². The van der Waals surface area contributed by atoms with Crippen LogP contribution < -0.4 is 0 Å². The molecule has 0 radical (unpaired) electrons.